The van der Waals surface area contributed by atoms with Crippen LogP contribution < -0.4 is 20.7 Å². The van der Waals surface area contributed by atoms with Gasteiger partial charge in [-0.2, -0.15) is 10.2 Å². The molecule has 2 aromatic carbocycles. The minimum Gasteiger partial charge on any atom is -0.405 e. The Morgan fingerprint density at radius 1 is 1.00 bits per heavy atom. The molecule has 5 unspecified atom stereocenters. The lowest BCUT2D eigenvalue weighted by atomic mass is 9.48. The largest absolute Gasteiger partial charge is 0.573 e. The molecule has 4 bridgehead atoms. The molecule has 9 nitrogen and oxygen atoms in total. The number of hydrogen-bond donors (Lipinski definition) is 3. The van der Waals surface area contributed by atoms with Crippen LogP contribution in [-0.2, 0) is 16.0 Å². The normalized spacial score (nSPS) is 29.7. The molecular weight excluding hydrogens is 609 g/mol. The Morgan fingerprint density at radius 2 is 1.77 bits per heavy atom. The summed E-state index contributed by atoms with van der Waals surface area (Å²) in [5.41, 5.74) is 1.81. The van der Waals surface area contributed by atoms with Gasteiger partial charge in [-0.05, 0) is 67.8 Å². The van der Waals surface area contributed by atoms with Gasteiger partial charge in [0.1, 0.15) is 23.2 Å². The van der Waals surface area contributed by atoms with E-state index in [0.717, 1.165) is 37.8 Å². The molecule has 5 fully saturated rings. The van der Waals surface area contributed by atoms with Crippen molar-refractivity contribution in [2.75, 3.05) is 30.3 Å². The van der Waals surface area contributed by atoms with Crippen molar-refractivity contribution >= 4 is 11.8 Å². The van der Waals surface area contributed by atoms with Gasteiger partial charge >= 0.3 is 6.36 Å². The van der Waals surface area contributed by atoms with Crippen LogP contribution in [0.25, 0.3) is 0 Å². The number of nitriles is 1. The van der Waals surface area contributed by atoms with Gasteiger partial charge in [-0.3, -0.25) is 0 Å². The predicted octanol–water partition coefficient (Wildman–Crippen LogP) is 6.56. The maximum Gasteiger partial charge on any atom is 0.573 e. The summed E-state index contributed by atoms with van der Waals surface area (Å²) in [5.74, 6) is 2.24. The predicted molar refractivity (Wildman–Crippen MR) is 168 cm³/mol. The standard InChI is InChI=1S/C35H39F3N6O3/c36-35(37,38)47-29-9-5-4-8-24(29)18-41-33-42-19-27(17-39)31(44-33)43-21-34-14-22-12-25(15-34)30(26(13-22)16-34)40-20-28-10-11-45-32(46-28)23-6-2-1-3-7-23/h1-9,19,22,25-26,28,30,32,40H,10-16,18,20-21H2,(H2,41,42,43,44)/t22?,25-,26+,28?,30?,32?,34?. The van der Waals surface area contributed by atoms with Crippen molar-refractivity contribution in [2.45, 2.75) is 69.9 Å². The first-order chi connectivity index (χ1) is 22.8. The second-order valence-electron chi connectivity index (χ2n) is 13.5. The fourth-order valence-electron chi connectivity index (χ4n) is 8.54. The van der Waals surface area contributed by atoms with Gasteiger partial charge in [0.05, 0.1) is 18.9 Å². The number of hydrogen-bond acceptors (Lipinski definition) is 9. The van der Waals surface area contributed by atoms with Crippen LogP contribution >= 0.6 is 0 Å². The molecule has 7 atom stereocenters. The van der Waals surface area contributed by atoms with Crippen molar-refractivity contribution in [2.24, 2.45) is 23.2 Å². The van der Waals surface area contributed by atoms with E-state index in [0.29, 0.717) is 53.9 Å². The summed E-state index contributed by atoms with van der Waals surface area (Å²) in [6.45, 7) is 2.23. The number of nitrogens with zero attached hydrogens (tertiary/aromatic N) is 3. The molecule has 1 aliphatic heterocycles. The molecule has 12 heteroatoms. The maximum atomic E-state index is 12.9. The molecule has 3 aromatic rings. The number of nitrogens with one attached hydrogen (secondary N) is 3. The van der Waals surface area contributed by atoms with Crippen LogP contribution in [0, 0.1) is 34.5 Å². The van der Waals surface area contributed by atoms with Crippen molar-refractivity contribution in [1.82, 2.24) is 15.3 Å². The highest BCUT2D eigenvalue weighted by Gasteiger charge is 2.55. The third-order valence-corrected chi connectivity index (χ3v) is 10.3. The molecule has 3 N–H and O–H groups in total. The molecule has 8 rings (SSSR count). The molecule has 0 amide bonds. The number of rotatable bonds is 11. The van der Waals surface area contributed by atoms with Gasteiger partial charge < -0.3 is 30.2 Å². The number of ether oxygens (including phenoxy) is 3. The number of halogens is 3. The Kier molecular flexibility index (Phi) is 8.96. The van der Waals surface area contributed by atoms with Crippen molar-refractivity contribution in [3.05, 3.63) is 77.5 Å². The average molecular weight is 649 g/mol. The Morgan fingerprint density at radius 3 is 2.53 bits per heavy atom. The third-order valence-electron chi connectivity index (χ3n) is 10.3. The summed E-state index contributed by atoms with van der Waals surface area (Å²) in [6.07, 6.45) is 3.17. The van der Waals surface area contributed by atoms with Gasteiger partial charge in [0.25, 0.3) is 0 Å². The van der Waals surface area contributed by atoms with Crippen LogP contribution in [-0.4, -0.2) is 48.2 Å². The minimum absolute atomic E-state index is 0.0206. The van der Waals surface area contributed by atoms with E-state index in [-0.39, 0.29) is 36.1 Å². The van der Waals surface area contributed by atoms with Gasteiger partial charge in [0.15, 0.2) is 6.29 Å². The number of benzene rings is 2. The van der Waals surface area contributed by atoms with E-state index in [4.69, 9.17) is 9.47 Å². The van der Waals surface area contributed by atoms with Gasteiger partial charge in [-0.25, -0.2) is 4.98 Å². The van der Waals surface area contributed by atoms with Crippen molar-refractivity contribution in [3.8, 4) is 11.8 Å². The lowest BCUT2D eigenvalue weighted by Gasteiger charge is -2.60. The van der Waals surface area contributed by atoms with Crippen molar-refractivity contribution < 1.29 is 27.4 Å². The van der Waals surface area contributed by atoms with Gasteiger partial charge in [0, 0.05) is 36.8 Å². The first kappa shape index (κ1) is 31.7. The lowest BCUT2D eigenvalue weighted by molar-refractivity contribution is -0.274. The third kappa shape index (κ3) is 7.32. The van der Waals surface area contributed by atoms with Crippen molar-refractivity contribution in [1.29, 1.82) is 5.26 Å². The van der Waals surface area contributed by atoms with E-state index < -0.39 is 6.36 Å². The highest BCUT2D eigenvalue weighted by molar-refractivity contribution is 5.53. The van der Waals surface area contributed by atoms with E-state index >= 15 is 0 Å². The van der Waals surface area contributed by atoms with Gasteiger partial charge in [-0.15, -0.1) is 13.2 Å². The molecule has 47 heavy (non-hydrogen) atoms. The second kappa shape index (κ2) is 13.3. The summed E-state index contributed by atoms with van der Waals surface area (Å²) in [6, 6.07) is 18.7. The maximum absolute atomic E-state index is 12.9. The van der Waals surface area contributed by atoms with Crippen LogP contribution in [0.1, 0.15) is 61.5 Å². The van der Waals surface area contributed by atoms with Crippen molar-refractivity contribution in [3.63, 3.8) is 0 Å². The fourth-order valence-corrected chi connectivity index (χ4v) is 8.54. The number of para-hydroxylation sites is 1. The number of alkyl halides is 3. The molecule has 248 valence electrons. The zero-order valence-electron chi connectivity index (χ0n) is 26.0. The zero-order valence-corrected chi connectivity index (χ0v) is 26.0. The van der Waals surface area contributed by atoms with Gasteiger partial charge in [0.2, 0.25) is 5.95 Å². The lowest BCUT2D eigenvalue weighted by Crippen LogP contribution is -2.60. The highest BCUT2D eigenvalue weighted by Crippen LogP contribution is 2.60. The number of anilines is 2. The molecule has 4 saturated carbocycles. The van der Waals surface area contributed by atoms with E-state index in [2.05, 4.69) is 36.7 Å². The first-order valence-corrected chi connectivity index (χ1v) is 16.4. The van der Waals surface area contributed by atoms with Crippen LogP contribution in [0.3, 0.4) is 0 Å². The van der Waals surface area contributed by atoms with Crippen LogP contribution in [0.4, 0.5) is 24.9 Å². The molecule has 0 radical (unpaired) electrons. The molecule has 5 aliphatic rings. The molecule has 1 aromatic heterocycles. The smallest absolute Gasteiger partial charge is 0.405 e. The van der Waals surface area contributed by atoms with E-state index in [1.807, 2.05) is 30.3 Å². The zero-order chi connectivity index (χ0) is 32.4. The Labute approximate surface area is 272 Å². The summed E-state index contributed by atoms with van der Waals surface area (Å²) in [5, 5.41) is 20.2. The van der Waals surface area contributed by atoms with Gasteiger partial charge in [-0.1, -0.05) is 48.5 Å². The van der Waals surface area contributed by atoms with E-state index in [1.165, 1.54) is 31.2 Å². The number of aromatic nitrogens is 2. The molecule has 2 heterocycles. The molecule has 0 spiro atoms. The fraction of sp³-hybridized carbons (Fsp3) is 0.514. The molecule has 1 saturated heterocycles. The SMILES string of the molecule is N#Cc1cnc(NCc2ccccc2OC(F)(F)F)nc1NCC12CC3C[C@H](C1)C(NCC1CCOC(c4ccccc4)O1)[C@@H](C3)C2. The quantitative estimate of drug-likeness (QED) is 0.213. The summed E-state index contributed by atoms with van der Waals surface area (Å²) >= 11 is 0. The Bertz CT molecular complexity index is 1570. The second-order valence-corrected chi connectivity index (χ2v) is 13.5. The topological polar surface area (TPSA) is 113 Å². The van der Waals surface area contributed by atoms with Crippen LogP contribution in [0.15, 0.2) is 60.8 Å². The average Bonchev–Trinajstić information content (AvgIpc) is 3.06. The summed E-state index contributed by atoms with van der Waals surface area (Å²) in [4.78, 5) is 8.77. The Balaban J connectivity index is 0.961. The Hall–Kier alpha value is -3.92. The monoisotopic (exact) mass is 648 g/mol. The first-order valence-electron chi connectivity index (χ1n) is 16.4. The van der Waals surface area contributed by atoms with E-state index in [9.17, 15) is 18.4 Å². The minimum atomic E-state index is -4.79. The molecular formula is C35H39F3N6O3. The highest BCUT2D eigenvalue weighted by atomic mass is 19.4. The summed E-state index contributed by atoms with van der Waals surface area (Å²) < 4.78 is 55.0. The summed E-state index contributed by atoms with van der Waals surface area (Å²) in [7, 11) is 0. The molecule has 4 aliphatic carbocycles. The van der Waals surface area contributed by atoms with Crippen LogP contribution in [0.5, 0.6) is 5.75 Å². The van der Waals surface area contributed by atoms with E-state index in [1.54, 1.807) is 12.1 Å². The van der Waals surface area contributed by atoms with Crippen LogP contribution in [0.2, 0.25) is 0 Å².